The Bertz CT molecular complexity index is 471. The standard InChI is InChI=1S/C13H17BrN2O3S/c1-20-7-6-11(12(17)18)16-13(19)15-8-9-4-2-3-5-10(9)14/h2-5,11H,6-8H2,1H3,(H,17,18)(H2,15,16,19)/t11-/m1/s1. The van der Waals surface area contributed by atoms with E-state index in [1.54, 1.807) is 11.8 Å². The van der Waals surface area contributed by atoms with Crippen LogP contribution in [0.4, 0.5) is 4.79 Å². The summed E-state index contributed by atoms with van der Waals surface area (Å²) >= 11 is 4.93. The van der Waals surface area contributed by atoms with Crippen LogP contribution in [-0.4, -0.2) is 35.2 Å². The molecule has 0 aliphatic carbocycles. The van der Waals surface area contributed by atoms with Gasteiger partial charge in [-0.3, -0.25) is 0 Å². The van der Waals surface area contributed by atoms with E-state index in [4.69, 9.17) is 5.11 Å². The number of rotatable bonds is 7. The predicted molar refractivity (Wildman–Crippen MR) is 83.9 cm³/mol. The van der Waals surface area contributed by atoms with Crippen LogP contribution in [0.1, 0.15) is 12.0 Å². The topological polar surface area (TPSA) is 78.4 Å². The molecule has 0 saturated heterocycles. The van der Waals surface area contributed by atoms with Gasteiger partial charge in [-0.1, -0.05) is 34.1 Å². The van der Waals surface area contributed by atoms with E-state index in [9.17, 15) is 9.59 Å². The van der Waals surface area contributed by atoms with Crippen LogP contribution >= 0.6 is 27.7 Å². The fourth-order valence-corrected chi connectivity index (χ4v) is 2.42. The Balaban J connectivity index is 2.46. The average Bonchev–Trinajstić information content (AvgIpc) is 2.42. The first-order valence-electron chi connectivity index (χ1n) is 6.04. The van der Waals surface area contributed by atoms with Crippen molar-refractivity contribution in [3.8, 4) is 0 Å². The van der Waals surface area contributed by atoms with Crippen molar-refractivity contribution in [2.45, 2.75) is 19.0 Å². The number of carbonyl (C=O) groups is 2. The molecule has 3 N–H and O–H groups in total. The van der Waals surface area contributed by atoms with Crippen LogP contribution in [-0.2, 0) is 11.3 Å². The van der Waals surface area contributed by atoms with Gasteiger partial charge in [0.05, 0.1) is 0 Å². The summed E-state index contributed by atoms with van der Waals surface area (Å²) in [6, 6.07) is 6.19. The van der Waals surface area contributed by atoms with E-state index in [1.807, 2.05) is 30.5 Å². The Kier molecular flexibility index (Phi) is 7.46. The van der Waals surface area contributed by atoms with Gasteiger partial charge in [0.25, 0.3) is 0 Å². The number of carbonyl (C=O) groups excluding carboxylic acids is 1. The van der Waals surface area contributed by atoms with Gasteiger partial charge in [0.15, 0.2) is 0 Å². The van der Waals surface area contributed by atoms with E-state index in [-0.39, 0.29) is 0 Å². The number of halogens is 1. The third-order valence-electron chi connectivity index (χ3n) is 2.61. The van der Waals surface area contributed by atoms with Crippen LogP contribution < -0.4 is 10.6 Å². The quantitative estimate of drug-likeness (QED) is 0.697. The summed E-state index contributed by atoms with van der Waals surface area (Å²) in [6.45, 7) is 0.335. The number of hydrogen-bond donors (Lipinski definition) is 3. The van der Waals surface area contributed by atoms with Gasteiger partial charge >= 0.3 is 12.0 Å². The normalized spacial score (nSPS) is 11.7. The average molecular weight is 361 g/mol. The highest BCUT2D eigenvalue weighted by Crippen LogP contribution is 2.15. The smallest absolute Gasteiger partial charge is 0.326 e. The summed E-state index contributed by atoms with van der Waals surface area (Å²) in [5, 5.41) is 14.1. The Morgan fingerprint density at radius 3 is 2.70 bits per heavy atom. The number of aliphatic carboxylic acids is 1. The minimum absolute atomic E-state index is 0.335. The molecular weight excluding hydrogens is 344 g/mol. The maximum Gasteiger partial charge on any atom is 0.326 e. The maximum atomic E-state index is 11.7. The number of thioether (sulfide) groups is 1. The molecule has 0 fully saturated rings. The molecular formula is C13H17BrN2O3S. The molecule has 1 aromatic rings. The minimum Gasteiger partial charge on any atom is -0.480 e. The lowest BCUT2D eigenvalue weighted by atomic mass is 10.2. The van der Waals surface area contributed by atoms with Crippen molar-refractivity contribution in [3.05, 3.63) is 34.3 Å². The number of carboxylic acid groups (broad SMARTS) is 1. The van der Waals surface area contributed by atoms with Crippen molar-refractivity contribution in [1.82, 2.24) is 10.6 Å². The lowest BCUT2D eigenvalue weighted by molar-refractivity contribution is -0.139. The molecule has 20 heavy (non-hydrogen) atoms. The van der Waals surface area contributed by atoms with Gasteiger partial charge in [-0.05, 0) is 30.1 Å². The van der Waals surface area contributed by atoms with Gasteiger partial charge in [-0.25, -0.2) is 9.59 Å². The number of carboxylic acids is 1. The van der Waals surface area contributed by atoms with E-state index in [0.717, 1.165) is 10.0 Å². The third-order valence-corrected chi connectivity index (χ3v) is 4.03. The second-order valence-corrected chi connectivity index (χ2v) is 5.93. The number of benzene rings is 1. The molecule has 0 aromatic heterocycles. The first kappa shape index (κ1) is 16.8. The van der Waals surface area contributed by atoms with Crippen molar-refractivity contribution in [1.29, 1.82) is 0 Å². The van der Waals surface area contributed by atoms with Crippen LogP contribution in [0.2, 0.25) is 0 Å². The molecule has 1 aromatic carbocycles. The van der Waals surface area contributed by atoms with Crippen molar-refractivity contribution in [2.24, 2.45) is 0 Å². The monoisotopic (exact) mass is 360 g/mol. The van der Waals surface area contributed by atoms with Crippen LogP contribution in [0.3, 0.4) is 0 Å². The Hall–Kier alpha value is -1.21. The molecule has 0 spiro atoms. The third kappa shape index (κ3) is 5.83. The highest BCUT2D eigenvalue weighted by atomic mass is 79.9. The van der Waals surface area contributed by atoms with E-state index in [0.29, 0.717) is 18.7 Å². The van der Waals surface area contributed by atoms with Crippen LogP contribution in [0.25, 0.3) is 0 Å². The summed E-state index contributed by atoms with van der Waals surface area (Å²) in [5.41, 5.74) is 0.929. The largest absolute Gasteiger partial charge is 0.480 e. The molecule has 0 unspecified atom stereocenters. The van der Waals surface area contributed by atoms with Crippen molar-refractivity contribution >= 4 is 39.7 Å². The molecule has 0 heterocycles. The molecule has 0 saturated carbocycles. The van der Waals surface area contributed by atoms with E-state index in [1.165, 1.54) is 0 Å². The summed E-state index contributed by atoms with van der Waals surface area (Å²) in [4.78, 5) is 22.7. The molecule has 0 aliphatic rings. The van der Waals surface area contributed by atoms with Gasteiger partial charge in [-0.2, -0.15) is 11.8 Å². The molecule has 0 radical (unpaired) electrons. The molecule has 0 aliphatic heterocycles. The fourth-order valence-electron chi connectivity index (χ4n) is 1.52. The van der Waals surface area contributed by atoms with Crippen LogP contribution in [0, 0.1) is 0 Å². The van der Waals surface area contributed by atoms with Gasteiger partial charge in [-0.15, -0.1) is 0 Å². The van der Waals surface area contributed by atoms with Crippen molar-refractivity contribution < 1.29 is 14.7 Å². The first-order chi connectivity index (χ1) is 9.54. The number of hydrogen-bond acceptors (Lipinski definition) is 3. The van der Waals surface area contributed by atoms with E-state index >= 15 is 0 Å². The maximum absolute atomic E-state index is 11.7. The molecule has 5 nitrogen and oxygen atoms in total. The Labute approximate surface area is 130 Å². The van der Waals surface area contributed by atoms with Crippen molar-refractivity contribution in [3.63, 3.8) is 0 Å². The predicted octanol–water partition coefficient (Wildman–Crippen LogP) is 2.45. The van der Waals surface area contributed by atoms with Gasteiger partial charge in [0.1, 0.15) is 6.04 Å². The molecule has 1 atom stereocenters. The van der Waals surface area contributed by atoms with Crippen LogP contribution in [0.5, 0.6) is 0 Å². The SMILES string of the molecule is CSCC[C@@H](NC(=O)NCc1ccccc1Br)C(=O)O. The highest BCUT2D eigenvalue weighted by molar-refractivity contribution is 9.10. The fraction of sp³-hybridized carbons (Fsp3) is 0.385. The molecule has 110 valence electrons. The zero-order valence-electron chi connectivity index (χ0n) is 11.1. The Morgan fingerprint density at radius 1 is 1.40 bits per heavy atom. The lowest BCUT2D eigenvalue weighted by Gasteiger charge is -2.15. The molecule has 7 heteroatoms. The zero-order chi connectivity index (χ0) is 15.0. The van der Waals surface area contributed by atoms with Gasteiger partial charge in [0.2, 0.25) is 0 Å². The second-order valence-electron chi connectivity index (χ2n) is 4.09. The molecule has 0 bridgehead atoms. The highest BCUT2D eigenvalue weighted by Gasteiger charge is 2.19. The lowest BCUT2D eigenvalue weighted by Crippen LogP contribution is -2.46. The Morgan fingerprint density at radius 2 is 2.10 bits per heavy atom. The summed E-state index contributed by atoms with van der Waals surface area (Å²) < 4.78 is 0.900. The first-order valence-corrected chi connectivity index (χ1v) is 8.22. The zero-order valence-corrected chi connectivity index (χ0v) is 13.5. The number of nitrogens with one attached hydrogen (secondary N) is 2. The molecule has 1 rings (SSSR count). The second kappa shape index (κ2) is 8.86. The minimum atomic E-state index is -1.02. The van der Waals surface area contributed by atoms with Gasteiger partial charge < -0.3 is 15.7 Å². The van der Waals surface area contributed by atoms with E-state index in [2.05, 4.69) is 26.6 Å². The van der Waals surface area contributed by atoms with E-state index < -0.39 is 18.0 Å². The van der Waals surface area contributed by atoms with Crippen LogP contribution in [0.15, 0.2) is 28.7 Å². The summed E-state index contributed by atoms with van der Waals surface area (Å²) in [6.07, 6.45) is 2.30. The van der Waals surface area contributed by atoms with Gasteiger partial charge in [0, 0.05) is 11.0 Å². The van der Waals surface area contributed by atoms with Crippen molar-refractivity contribution in [2.75, 3.05) is 12.0 Å². The summed E-state index contributed by atoms with van der Waals surface area (Å²) in [5.74, 6) is -0.336. The summed E-state index contributed by atoms with van der Waals surface area (Å²) in [7, 11) is 0. The number of amides is 2. The number of urea groups is 1. The molecule has 2 amide bonds.